The Labute approximate surface area is 94.1 Å². The van der Waals surface area contributed by atoms with E-state index in [0.717, 1.165) is 26.2 Å². The summed E-state index contributed by atoms with van der Waals surface area (Å²) < 4.78 is 2.83. The Morgan fingerprint density at radius 1 is 1.27 bits per heavy atom. The first-order valence-corrected chi connectivity index (χ1v) is 5.97. The van der Waals surface area contributed by atoms with E-state index >= 15 is 0 Å². The van der Waals surface area contributed by atoms with Crippen molar-refractivity contribution < 1.29 is 4.79 Å². The van der Waals surface area contributed by atoms with Crippen LogP contribution in [0.4, 0.5) is 0 Å². The predicted molar refractivity (Wildman–Crippen MR) is 61.1 cm³/mol. The summed E-state index contributed by atoms with van der Waals surface area (Å²) in [6, 6.07) is 0. The Hall–Kier alpha value is 0.890. The van der Waals surface area contributed by atoms with E-state index in [1.807, 2.05) is 4.90 Å². The van der Waals surface area contributed by atoms with E-state index < -0.39 is 0 Å². The second-order valence-corrected chi connectivity index (χ2v) is 4.55. The minimum absolute atomic E-state index is 0.273. The van der Waals surface area contributed by atoms with Crippen molar-refractivity contribution in [2.45, 2.75) is 0 Å². The minimum atomic E-state index is 0.273. The smallest absolute Gasteiger partial charge is 0.232 e. The summed E-state index contributed by atoms with van der Waals surface area (Å²) in [6.07, 6.45) is 0. The third-order valence-corrected chi connectivity index (χ3v) is 3.31. The number of nitrogens with zero attached hydrogens (tertiary/aromatic N) is 2. The molecule has 1 amide bonds. The molecule has 1 saturated heterocycles. The number of carbonyl (C=O) groups is 1. The van der Waals surface area contributed by atoms with Crippen molar-refractivity contribution in [2.75, 3.05) is 30.6 Å². The summed E-state index contributed by atoms with van der Waals surface area (Å²) in [5, 5.41) is 0. The standard InChI is InChI=1S/C6H10I2N2O/c7-5-6(11)9-1-3-10(8)4-2-9/h1-5H2. The average molecular weight is 380 g/mol. The zero-order valence-electron chi connectivity index (χ0n) is 6.09. The summed E-state index contributed by atoms with van der Waals surface area (Å²) in [4.78, 5) is 13.1. The fourth-order valence-corrected chi connectivity index (χ4v) is 1.93. The quantitative estimate of drug-likeness (QED) is 0.384. The zero-order valence-corrected chi connectivity index (χ0v) is 10.4. The fraction of sp³-hybridized carbons (Fsp3) is 0.833. The van der Waals surface area contributed by atoms with Crippen LogP contribution in [0, 0.1) is 0 Å². The number of piperazine rings is 1. The van der Waals surface area contributed by atoms with Crippen molar-refractivity contribution >= 4 is 51.4 Å². The molecule has 1 rings (SSSR count). The van der Waals surface area contributed by atoms with Crippen molar-refractivity contribution in [1.29, 1.82) is 0 Å². The van der Waals surface area contributed by atoms with Gasteiger partial charge in [0.05, 0.1) is 4.43 Å². The van der Waals surface area contributed by atoms with E-state index in [1.165, 1.54) is 0 Å². The Bertz CT molecular complexity index is 146. The highest BCUT2D eigenvalue weighted by Crippen LogP contribution is 2.06. The first-order chi connectivity index (χ1) is 5.24. The van der Waals surface area contributed by atoms with Crippen LogP contribution in [0.3, 0.4) is 0 Å². The van der Waals surface area contributed by atoms with E-state index in [2.05, 4.69) is 48.6 Å². The summed E-state index contributed by atoms with van der Waals surface area (Å²) in [5.41, 5.74) is 0. The molecule has 0 saturated carbocycles. The van der Waals surface area contributed by atoms with Crippen LogP contribution in [0.2, 0.25) is 0 Å². The van der Waals surface area contributed by atoms with Gasteiger partial charge in [0.25, 0.3) is 0 Å². The number of amides is 1. The SMILES string of the molecule is O=C(CI)N1CCN(I)CC1. The first-order valence-electron chi connectivity index (χ1n) is 3.48. The van der Waals surface area contributed by atoms with Crippen molar-refractivity contribution in [3.05, 3.63) is 0 Å². The zero-order chi connectivity index (χ0) is 8.27. The van der Waals surface area contributed by atoms with Crippen LogP contribution in [0.1, 0.15) is 0 Å². The van der Waals surface area contributed by atoms with Gasteiger partial charge in [-0.25, -0.2) is 3.11 Å². The molecule has 0 aromatic rings. The van der Waals surface area contributed by atoms with Gasteiger partial charge in [0, 0.05) is 49.0 Å². The lowest BCUT2D eigenvalue weighted by molar-refractivity contribution is -0.129. The highest BCUT2D eigenvalue weighted by atomic mass is 127. The van der Waals surface area contributed by atoms with Crippen LogP contribution in [0.5, 0.6) is 0 Å². The Balaban J connectivity index is 2.33. The number of alkyl halides is 1. The molecule has 0 bridgehead atoms. The monoisotopic (exact) mass is 380 g/mol. The van der Waals surface area contributed by atoms with Crippen molar-refractivity contribution in [2.24, 2.45) is 0 Å². The Morgan fingerprint density at radius 2 is 1.82 bits per heavy atom. The molecule has 11 heavy (non-hydrogen) atoms. The number of rotatable bonds is 1. The van der Waals surface area contributed by atoms with Gasteiger partial charge in [0.2, 0.25) is 5.91 Å². The molecule has 64 valence electrons. The lowest BCUT2D eigenvalue weighted by Gasteiger charge is -2.30. The lowest BCUT2D eigenvalue weighted by Crippen LogP contribution is -2.45. The van der Waals surface area contributed by atoms with Gasteiger partial charge in [-0.1, -0.05) is 22.6 Å². The van der Waals surface area contributed by atoms with Gasteiger partial charge in [-0.3, -0.25) is 4.79 Å². The molecule has 0 N–H and O–H groups in total. The minimum Gasteiger partial charge on any atom is -0.339 e. The summed E-state index contributed by atoms with van der Waals surface area (Å²) in [7, 11) is 0. The molecule has 0 radical (unpaired) electrons. The highest BCUT2D eigenvalue weighted by molar-refractivity contribution is 14.1. The van der Waals surface area contributed by atoms with Gasteiger partial charge in [-0.05, 0) is 0 Å². The normalized spacial score (nSPS) is 20.4. The lowest BCUT2D eigenvalue weighted by atomic mass is 10.4. The van der Waals surface area contributed by atoms with Gasteiger partial charge in [-0.2, -0.15) is 0 Å². The molecule has 1 fully saturated rings. The van der Waals surface area contributed by atoms with Gasteiger partial charge in [-0.15, -0.1) is 0 Å². The number of hydrogen-bond acceptors (Lipinski definition) is 2. The topological polar surface area (TPSA) is 23.6 Å². The molecule has 1 aliphatic rings. The van der Waals surface area contributed by atoms with Crippen LogP contribution in [-0.2, 0) is 4.79 Å². The molecule has 0 aromatic carbocycles. The molecule has 1 heterocycles. The van der Waals surface area contributed by atoms with E-state index in [9.17, 15) is 4.79 Å². The van der Waals surface area contributed by atoms with Crippen LogP contribution < -0.4 is 0 Å². The van der Waals surface area contributed by atoms with Crippen LogP contribution in [-0.4, -0.2) is 44.5 Å². The fourth-order valence-electron chi connectivity index (χ4n) is 1.02. The van der Waals surface area contributed by atoms with E-state index in [4.69, 9.17) is 0 Å². The second-order valence-electron chi connectivity index (χ2n) is 2.42. The Morgan fingerprint density at radius 3 is 2.27 bits per heavy atom. The second kappa shape index (κ2) is 4.80. The van der Waals surface area contributed by atoms with Crippen molar-refractivity contribution in [3.63, 3.8) is 0 Å². The van der Waals surface area contributed by atoms with E-state index in [-0.39, 0.29) is 5.91 Å². The molecular formula is C6H10I2N2O. The molecule has 0 aromatic heterocycles. The van der Waals surface area contributed by atoms with Crippen molar-refractivity contribution in [3.8, 4) is 0 Å². The molecule has 0 atom stereocenters. The maximum Gasteiger partial charge on any atom is 0.232 e. The third kappa shape index (κ3) is 3.02. The third-order valence-electron chi connectivity index (χ3n) is 1.69. The highest BCUT2D eigenvalue weighted by Gasteiger charge is 2.17. The van der Waals surface area contributed by atoms with Gasteiger partial charge < -0.3 is 4.90 Å². The molecule has 3 nitrogen and oxygen atoms in total. The molecule has 0 spiro atoms. The molecule has 1 aliphatic heterocycles. The molecule has 0 aliphatic carbocycles. The number of carbonyl (C=O) groups excluding carboxylic acids is 1. The Kier molecular flexibility index (Phi) is 4.36. The van der Waals surface area contributed by atoms with Gasteiger partial charge >= 0.3 is 0 Å². The van der Waals surface area contributed by atoms with Crippen LogP contribution in [0.25, 0.3) is 0 Å². The maximum atomic E-state index is 11.2. The molecular weight excluding hydrogens is 370 g/mol. The number of halogens is 2. The van der Waals surface area contributed by atoms with Crippen molar-refractivity contribution in [1.82, 2.24) is 8.01 Å². The maximum absolute atomic E-state index is 11.2. The summed E-state index contributed by atoms with van der Waals surface area (Å²) >= 11 is 4.41. The predicted octanol–water partition coefficient (Wildman–Crippen LogP) is 0.916. The summed E-state index contributed by atoms with van der Waals surface area (Å²) in [5.74, 6) is 0.273. The molecule has 0 unspecified atom stereocenters. The van der Waals surface area contributed by atoms with E-state index in [0.29, 0.717) is 4.43 Å². The van der Waals surface area contributed by atoms with E-state index in [1.54, 1.807) is 0 Å². The van der Waals surface area contributed by atoms with Crippen LogP contribution >= 0.6 is 45.5 Å². The van der Waals surface area contributed by atoms with Crippen LogP contribution in [0.15, 0.2) is 0 Å². The largest absolute Gasteiger partial charge is 0.339 e. The average Bonchev–Trinajstić information content (AvgIpc) is 2.05. The molecule has 5 heteroatoms. The number of hydrogen-bond donors (Lipinski definition) is 0. The first kappa shape index (κ1) is 9.97. The van der Waals surface area contributed by atoms with Gasteiger partial charge in [0.1, 0.15) is 0 Å². The summed E-state index contributed by atoms with van der Waals surface area (Å²) in [6.45, 7) is 3.79. The van der Waals surface area contributed by atoms with Gasteiger partial charge in [0.15, 0.2) is 0 Å².